The highest BCUT2D eigenvalue weighted by Crippen LogP contribution is 2.23. The van der Waals surface area contributed by atoms with Crippen LogP contribution in [0, 0.1) is 0 Å². The lowest BCUT2D eigenvalue weighted by molar-refractivity contribution is 0.0466. The summed E-state index contributed by atoms with van der Waals surface area (Å²) in [5, 5.41) is 0. The molecule has 1 atom stereocenters. The zero-order chi connectivity index (χ0) is 9.14. The number of allylic oxidation sites excluding steroid dienone is 1. The Labute approximate surface area is 75.2 Å². The molecule has 12 heavy (non-hydrogen) atoms. The summed E-state index contributed by atoms with van der Waals surface area (Å²) in [6.45, 7) is 8.97. The van der Waals surface area contributed by atoms with Crippen LogP contribution in [0.5, 0.6) is 0 Å². The highest BCUT2D eigenvalue weighted by molar-refractivity contribution is 5.02. The van der Waals surface area contributed by atoms with Crippen molar-refractivity contribution in [2.24, 2.45) is 0 Å². The summed E-state index contributed by atoms with van der Waals surface area (Å²) in [7, 11) is 2.10. The molecule has 2 heteroatoms. The van der Waals surface area contributed by atoms with Crippen molar-refractivity contribution in [2.45, 2.75) is 38.8 Å². The normalized spacial score (nSPS) is 24.2. The first-order valence-electron chi connectivity index (χ1n) is 4.63. The number of nitrogens with zero attached hydrogens (tertiary/aromatic N) is 1. The summed E-state index contributed by atoms with van der Waals surface area (Å²) < 4.78 is 5.56. The van der Waals surface area contributed by atoms with E-state index in [1.54, 1.807) is 0 Å². The van der Waals surface area contributed by atoms with Crippen molar-refractivity contribution >= 4 is 0 Å². The predicted octanol–water partition coefficient (Wildman–Crippen LogP) is 2.02. The summed E-state index contributed by atoms with van der Waals surface area (Å²) in [6.07, 6.45) is 2.66. The molecule has 0 aromatic carbocycles. The molecule has 0 bridgehead atoms. The quantitative estimate of drug-likeness (QED) is 0.641. The van der Waals surface area contributed by atoms with Crippen molar-refractivity contribution < 1.29 is 4.74 Å². The Morgan fingerprint density at radius 2 is 2.33 bits per heavy atom. The van der Waals surface area contributed by atoms with Gasteiger partial charge in [-0.2, -0.15) is 0 Å². The highest BCUT2D eigenvalue weighted by Gasteiger charge is 2.23. The van der Waals surface area contributed by atoms with Gasteiger partial charge in [0.15, 0.2) is 0 Å². The minimum Gasteiger partial charge on any atom is -0.377 e. The van der Waals surface area contributed by atoms with Crippen molar-refractivity contribution in [1.82, 2.24) is 4.90 Å². The van der Waals surface area contributed by atoms with E-state index in [-0.39, 0.29) is 0 Å². The van der Waals surface area contributed by atoms with Gasteiger partial charge < -0.3 is 9.64 Å². The van der Waals surface area contributed by atoms with E-state index in [9.17, 15) is 0 Å². The maximum Gasteiger partial charge on any atom is 0.0673 e. The van der Waals surface area contributed by atoms with Crippen molar-refractivity contribution in [3.63, 3.8) is 0 Å². The maximum absolute atomic E-state index is 5.56. The Bertz CT molecular complexity index is 165. The fourth-order valence-corrected chi connectivity index (χ4v) is 1.46. The van der Waals surface area contributed by atoms with E-state index in [0.29, 0.717) is 12.1 Å². The van der Waals surface area contributed by atoms with Gasteiger partial charge in [-0.1, -0.05) is 6.58 Å². The average molecular weight is 169 g/mol. The van der Waals surface area contributed by atoms with E-state index in [4.69, 9.17) is 4.74 Å². The Morgan fingerprint density at radius 3 is 2.75 bits per heavy atom. The van der Waals surface area contributed by atoms with Crippen LogP contribution in [0.15, 0.2) is 12.3 Å². The monoisotopic (exact) mass is 169 g/mol. The third-order valence-electron chi connectivity index (χ3n) is 2.43. The zero-order valence-corrected chi connectivity index (χ0v) is 8.34. The number of likely N-dealkylation sites (tertiary alicyclic amines) is 1. The van der Waals surface area contributed by atoms with E-state index in [1.165, 1.54) is 12.1 Å². The van der Waals surface area contributed by atoms with Gasteiger partial charge in [0.1, 0.15) is 0 Å². The average Bonchev–Trinajstić information content (AvgIpc) is 2.30. The third-order valence-corrected chi connectivity index (χ3v) is 2.43. The predicted molar refractivity (Wildman–Crippen MR) is 51.0 cm³/mol. The van der Waals surface area contributed by atoms with Crippen LogP contribution in [-0.4, -0.2) is 30.7 Å². The Morgan fingerprint density at radius 1 is 1.67 bits per heavy atom. The molecule has 0 saturated carbocycles. The summed E-state index contributed by atoms with van der Waals surface area (Å²) in [5.74, 6) is 0. The molecule has 1 fully saturated rings. The van der Waals surface area contributed by atoms with E-state index in [1.807, 2.05) is 0 Å². The van der Waals surface area contributed by atoms with Gasteiger partial charge in [0.05, 0.1) is 18.8 Å². The standard InChI is InChI=1S/C10H19NO/c1-8(2)12-7-10-6-5-9(3)11(10)4/h8,10H,3,5-7H2,1-2,4H3. The fraction of sp³-hybridized carbons (Fsp3) is 0.800. The molecule has 1 aliphatic heterocycles. The van der Waals surface area contributed by atoms with Crippen LogP contribution in [0.1, 0.15) is 26.7 Å². The van der Waals surface area contributed by atoms with Gasteiger partial charge in [-0.15, -0.1) is 0 Å². The van der Waals surface area contributed by atoms with E-state index in [0.717, 1.165) is 13.0 Å². The molecule has 1 saturated heterocycles. The first kappa shape index (κ1) is 9.59. The van der Waals surface area contributed by atoms with Crippen LogP contribution in [0.3, 0.4) is 0 Å². The molecule has 2 nitrogen and oxygen atoms in total. The Kier molecular flexibility index (Phi) is 3.15. The fourth-order valence-electron chi connectivity index (χ4n) is 1.46. The lowest BCUT2D eigenvalue weighted by Crippen LogP contribution is -2.29. The number of hydrogen-bond acceptors (Lipinski definition) is 2. The van der Waals surface area contributed by atoms with E-state index in [2.05, 4.69) is 32.4 Å². The number of rotatable bonds is 3. The van der Waals surface area contributed by atoms with Crippen LogP contribution in [-0.2, 0) is 4.74 Å². The van der Waals surface area contributed by atoms with Crippen molar-refractivity contribution in [2.75, 3.05) is 13.7 Å². The summed E-state index contributed by atoms with van der Waals surface area (Å²) >= 11 is 0. The van der Waals surface area contributed by atoms with Crippen molar-refractivity contribution in [3.05, 3.63) is 12.3 Å². The molecule has 1 heterocycles. The summed E-state index contributed by atoms with van der Waals surface area (Å²) in [4.78, 5) is 2.24. The molecular formula is C10H19NO. The Hall–Kier alpha value is -0.500. The molecular weight excluding hydrogens is 150 g/mol. The molecule has 0 N–H and O–H groups in total. The van der Waals surface area contributed by atoms with Gasteiger partial charge in [0, 0.05) is 12.7 Å². The van der Waals surface area contributed by atoms with Crippen LogP contribution in [0.2, 0.25) is 0 Å². The molecule has 70 valence electrons. The van der Waals surface area contributed by atoms with Crippen molar-refractivity contribution in [1.29, 1.82) is 0 Å². The lowest BCUT2D eigenvalue weighted by Gasteiger charge is -2.23. The molecule has 0 radical (unpaired) electrons. The van der Waals surface area contributed by atoms with E-state index >= 15 is 0 Å². The molecule has 0 amide bonds. The van der Waals surface area contributed by atoms with Gasteiger partial charge in [0.25, 0.3) is 0 Å². The topological polar surface area (TPSA) is 12.5 Å². The number of ether oxygens (including phenoxy) is 1. The minimum atomic E-state index is 0.340. The number of hydrogen-bond donors (Lipinski definition) is 0. The van der Waals surface area contributed by atoms with Crippen LogP contribution >= 0.6 is 0 Å². The van der Waals surface area contributed by atoms with Crippen LogP contribution in [0.25, 0.3) is 0 Å². The second kappa shape index (κ2) is 3.94. The van der Waals surface area contributed by atoms with Gasteiger partial charge in [-0.25, -0.2) is 0 Å². The summed E-state index contributed by atoms with van der Waals surface area (Å²) in [6, 6.07) is 0.555. The molecule has 1 aliphatic rings. The van der Waals surface area contributed by atoms with Gasteiger partial charge >= 0.3 is 0 Å². The number of likely N-dealkylation sites (N-methyl/N-ethyl adjacent to an activating group) is 1. The molecule has 0 aliphatic carbocycles. The zero-order valence-electron chi connectivity index (χ0n) is 8.34. The molecule has 0 spiro atoms. The van der Waals surface area contributed by atoms with Crippen molar-refractivity contribution in [3.8, 4) is 0 Å². The van der Waals surface area contributed by atoms with Gasteiger partial charge in [-0.3, -0.25) is 0 Å². The second-order valence-corrected chi connectivity index (χ2v) is 3.75. The third kappa shape index (κ3) is 2.24. The summed E-state index contributed by atoms with van der Waals surface area (Å²) in [5.41, 5.74) is 1.24. The van der Waals surface area contributed by atoms with Gasteiger partial charge in [-0.05, 0) is 26.7 Å². The lowest BCUT2D eigenvalue weighted by atomic mass is 10.2. The van der Waals surface area contributed by atoms with Gasteiger partial charge in [0.2, 0.25) is 0 Å². The molecule has 1 rings (SSSR count). The highest BCUT2D eigenvalue weighted by atomic mass is 16.5. The smallest absolute Gasteiger partial charge is 0.0673 e. The van der Waals surface area contributed by atoms with Crippen LogP contribution < -0.4 is 0 Å². The second-order valence-electron chi connectivity index (χ2n) is 3.75. The SMILES string of the molecule is C=C1CCC(COC(C)C)N1C. The largest absolute Gasteiger partial charge is 0.377 e. The van der Waals surface area contributed by atoms with E-state index < -0.39 is 0 Å². The first-order chi connectivity index (χ1) is 5.61. The maximum atomic E-state index is 5.56. The van der Waals surface area contributed by atoms with Crippen LogP contribution in [0.4, 0.5) is 0 Å². The first-order valence-corrected chi connectivity index (χ1v) is 4.63. The molecule has 0 aromatic heterocycles. The Balaban J connectivity index is 2.29. The molecule has 1 unspecified atom stereocenters. The molecule has 0 aromatic rings. The minimum absolute atomic E-state index is 0.340.